The van der Waals surface area contributed by atoms with Crippen LogP contribution in [-0.4, -0.2) is 62.2 Å². The van der Waals surface area contributed by atoms with Crippen molar-refractivity contribution in [1.82, 2.24) is 0 Å². The molecule has 0 fully saturated rings. The van der Waals surface area contributed by atoms with Crippen LogP contribution in [0.2, 0.25) is 0 Å². The predicted molar refractivity (Wildman–Crippen MR) is 20.2 cm³/mol. The molecular weight excluding hydrogens is 461 g/mol. The molecule has 8 nitrogen and oxygen atoms in total. The number of rotatable bonds is 0. The van der Waals surface area contributed by atoms with Gasteiger partial charge >= 0.3 is 104 Å². The van der Waals surface area contributed by atoms with Crippen molar-refractivity contribution in [3.05, 3.63) is 0 Å². The van der Waals surface area contributed by atoms with Crippen LogP contribution in [0, 0.1) is 35.6 Å². The fourth-order valence-electron chi connectivity index (χ4n) is 0. The maximum atomic E-state index is 8.82. The third kappa shape index (κ3) is 231. The molecule has 0 aliphatic rings. The first-order valence-electron chi connectivity index (χ1n) is 1.35. The molecule has 0 rings (SSSR count). The summed E-state index contributed by atoms with van der Waals surface area (Å²) in [6, 6.07) is 0. The van der Waals surface area contributed by atoms with Gasteiger partial charge in [0, 0.05) is 35.6 Å². The van der Waals surface area contributed by atoms with Crippen molar-refractivity contribution in [2.45, 2.75) is 0 Å². The molecule has 0 aromatic carbocycles. The van der Waals surface area contributed by atoms with Crippen LogP contribution < -0.4 is 0 Å². The van der Waals surface area contributed by atoms with Gasteiger partial charge in [-0.15, -0.1) is 0 Å². The molecule has 0 amide bonds. The quantitative estimate of drug-likeness (QED) is 0.267. The second kappa shape index (κ2) is 10.3. The van der Waals surface area contributed by atoms with E-state index in [4.69, 9.17) is 32.0 Å². The van der Waals surface area contributed by atoms with Gasteiger partial charge in [0.25, 0.3) is 0 Å². The fraction of sp³-hybridized carbons (Fsp3) is 0. The third-order valence-corrected chi connectivity index (χ3v) is 0. The van der Waals surface area contributed by atoms with E-state index in [1.165, 1.54) is 0 Å². The summed E-state index contributed by atoms with van der Waals surface area (Å²) in [5.74, 6) is 0. The van der Waals surface area contributed by atoms with Crippen molar-refractivity contribution < 1.29 is 94.6 Å². The molecule has 0 bridgehead atoms. The van der Waals surface area contributed by atoms with E-state index in [9.17, 15) is 0 Å². The van der Waals surface area contributed by atoms with Gasteiger partial charge < -0.3 is 0 Å². The summed E-state index contributed by atoms with van der Waals surface area (Å²) in [6.07, 6.45) is 0. The summed E-state index contributed by atoms with van der Waals surface area (Å²) < 4.78 is 63.7. The molecule has 1 radical (unpaired) electrons. The molecule has 12 heteroatoms. The van der Waals surface area contributed by atoms with Crippen molar-refractivity contribution in [2.75, 3.05) is 0 Å². The van der Waals surface area contributed by atoms with Gasteiger partial charge in [-0.25, -0.2) is 0 Å². The van der Waals surface area contributed by atoms with Crippen LogP contribution in [-0.2, 0) is 42.3 Å². The summed E-state index contributed by atoms with van der Waals surface area (Å²) in [4.78, 5) is 0. The Labute approximate surface area is 137 Å². The second-order valence-electron chi connectivity index (χ2n) is 0.862. The van der Waals surface area contributed by atoms with Gasteiger partial charge in [0.2, 0.25) is 0 Å². The van der Waals surface area contributed by atoms with Crippen LogP contribution >= 0.6 is 0 Å². The molecule has 0 spiro atoms. The molecule has 0 saturated heterocycles. The van der Waals surface area contributed by atoms with Crippen molar-refractivity contribution in [3.63, 3.8) is 0 Å². The summed E-state index contributed by atoms with van der Waals surface area (Å²) in [5, 5.41) is 0. The topological polar surface area (TPSA) is 149 Å². The van der Waals surface area contributed by atoms with E-state index >= 15 is 0 Å². The number of hydrogen-bond donors (Lipinski definition) is 4. The predicted octanol–water partition coefficient (Wildman–Crippen LogP) is -3.62. The maximum absolute atomic E-state index is 8.82. The van der Waals surface area contributed by atoms with Crippen LogP contribution in [0.15, 0.2) is 0 Å². The van der Waals surface area contributed by atoms with Gasteiger partial charge in [0.15, 0.2) is 0 Å². The summed E-state index contributed by atoms with van der Waals surface area (Å²) in [5.41, 5.74) is 0. The normalized spacial score (nSPS) is 9.67. The molecule has 0 unspecified atom stereocenters. The van der Waals surface area contributed by atoms with Crippen molar-refractivity contribution in [1.29, 1.82) is 0 Å². The van der Waals surface area contributed by atoms with E-state index in [1.807, 2.05) is 0 Å². The Balaban J connectivity index is -0.0000000457. The van der Waals surface area contributed by atoms with Crippen molar-refractivity contribution in [3.8, 4) is 0 Å². The zero-order valence-electron chi connectivity index (χ0n) is 4.79. The minimum atomic E-state index is -5.25. The van der Waals surface area contributed by atoms with E-state index in [1.54, 1.807) is 0 Å². The summed E-state index contributed by atoms with van der Waals surface area (Å²) in [6.45, 7) is 0. The third-order valence-electron chi connectivity index (χ3n) is 0. The standard InChI is InChI=1S/Cr.La.Mn.4H2O.4O.Sr.2H/h;;;4*1H2;;;;;;;/q+2;;+2;;;;;;;;;;;/p-4. The molecule has 4 N–H and O–H groups in total. The van der Waals surface area contributed by atoms with E-state index in [-0.39, 0.29) is 81.1 Å². The van der Waals surface area contributed by atoms with Gasteiger partial charge in [-0.3, -0.25) is 0 Å². The molecular formula is H6CrLaMnO8Sr. The van der Waals surface area contributed by atoms with Crippen LogP contribution in [0.25, 0.3) is 0 Å². The van der Waals surface area contributed by atoms with E-state index in [2.05, 4.69) is 0 Å². The molecule has 12 heavy (non-hydrogen) atoms. The first-order chi connectivity index (χ1) is 4.00. The Bertz CT molecular complexity index is 215. The Hall–Kier alpha value is 2.77. The molecule has 72 valence electrons. The molecule has 0 heterocycles. The van der Waals surface area contributed by atoms with Gasteiger partial charge in [-0.05, 0) is 0 Å². The van der Waals surface area contributed by atoms with Gasteiger partial charge in [-0.2, -0.15) is 0 Å². The van der Waals surface area contributed by atoms with E-state index in [0.717, 1.165) is 0 Å². The SMILES string of the molecule is [La].[O]=[Cr](=[O])([OH])[OH].[O]=[Mn](=[O])([OH])[OH].[SrH2]. The minimum absolute atomic E-state index is 0. The summed E-state index contributed by atoms with van der Waals surface area (Å²) >= 11 is -10.4. The van der Waals surface area contributed by atoms with Crippen LogP contribution in [0.4, 0.5) is 0 Å². The van der Waals surface area contributed by atoms with Gasteiger partial charge in [-0.1, -0.05) is 0 Å². The zero-order valence-corrected chi connectivity index (χ0v) is 10.9. The molecule has 0 aromatic rings. The monoisotopic (exact) mass is 468 g/mol. The molecule has 0 aliphatic heterocycles. The Morgan fingerprint density at radius 3 is 1.00 bits per heavy atom. The molecule has 0 atom stereocenters. The number of hydrogen-bond acceptors (Lipinski definition) is 4. The first kappa shape index (κ1) is 24.1. The van der Waals surface area contributed by atoms with Crippen LogP contribution in [0.1, 0.15) is 0 Å². The molecule has 0 aromatic heterocycles. The van der Waals surface area contributed by atoms with Gasteiger partial charge in [0.05, 0.1) is 0 Å². The Kier molecular flexibility index (Phi) is 20.7. The second-order valence-corrected chi connectivity index (χ2v) is 3.56. The fourth-order valence-corrected chi connectivity index (χ4v) is 0. The van der Waals surface area contributed by atoms with Crippen LogP contribution in [0.3, 0.4) is 0 Å². The van der Waals surface area contributed by atoms with E-state index in [0.29, 0.717) is 0 Å². The Morgan fingerprint density at radius 1 is 1.00 bits per heavy atom. The molecule has 0 aliphatic carbocycles. The first-order valence-corrected chi connectivity index (χ1v) is 5.55. The van der Waals surface area contributed by atoms with E-state index < -0.39 is 27.0 Å². The van der Waals surface area contributed by atoms with Crippen LogP contribution in [0.5, 0.6) is 0 Å². The summed E-state index contributed by atoms with van der Waals surface area (Å²) in [7, 11) is 0. The zero-order chi connectivity index (χ0) is 9.00. The average Bonchev–Trinajstić information content (AvgIpc) is 1.12. The van der Waals surface area contributed by atoms with Crippen molar-refractivity contribution >= 4 is 45.5 Å². The average molecular weight is 468 g/mol. The molecule has 0 saturated carbocycles. The van der Waals surface area contributed by atoms with Crippen molar-refractivity contribution in [2.24, 2.45) is 0 Å². The Morgan fingerprint density at radius 2 is 1.00 bits per heavy atom. The van der Waals surface area contributed by atoms with Gasteiger partial charge in [0.1, 0.15) is 0 Å².